The van der Waals surface area contributed by atoms with Crippen LogP contribution in [0.2, 0.25) is 0 Å². The highest BCUT2D eigenvalue weighted by Crippen LogP contribution is 2.11. The largest absolute Gasteiger partial charge is 0.353 e. The number of rotatable bonds is 3. The summed E-state index contributed by atoms with van der Waals surface area (Å²) in [6.45, 7) is 1.75. The van der Waals surface area contributed by atoms with E-state index >= 15 is 0 Å². The topological polar surface area (TPSA) is 52.9 Å². The number of hydrogen-bond acceptors (Lipinski definition) is 2. The lowest BCUT2D eigenvalue weighted by Crippen LogP contribution is -2.19. The quantitative estimate of drug-likeness (QED) is 0.841. The van der Waals surface area contributed by atoms with E-state index in [1.165, 1.54) is 31.2 Å². The van der Waals surface area contributed by atoms with Crippen LogP contribution in [0.3, 0.4) is 0 Å². The Morgan fingerprint density at radius 1 is 1.62 bits per heavy atom. The first-order valence-corrected chi connectivity index (χ1v) is 4.74. The molecule has 3 nitrogen and oxygen atoms in total. The number of nitrogens with one attached hydrogen (secondary N) is 1. The monoisotopic (exact) mass is 218 g/mol. The van der Waals surface area contributed by atoms with Gasteiger partial charge in [0, 0.05) is 19.0 Å². The van der Waals surface area contributed by atoms with Crippen LogP contribution in [-0.4, -0.2) is 12.5 Å². The van der Waals surface area contributed by atoms with E-state index in [9.17, 15) is 9.18 Å². The van der Waals surface area contributed by atoms with E-state index in [4.69, 9.17) is 5.26 Å². The lowest BCUT2D eigenvalue weighted by Gasteiger charge is -1.98. The van der Waals surface area contributed by atoms with Gasteiger partial charge < -0.3 is 5.32 Å². The molecule has 0 spiro atoms. The average molecular weight is 218 g/mol. The molecule has 0 aliphatic rings. The Labute approximate surface area is 93.2 Å². The maximum Gasteiger partial charge on any atom is 0.217 e. The van der Waals surface area contributed by atoms with Gasteiger partial charge in [-0.25, -0.2) is 4.39 Å². The van der Waals surface area contributed by atoms with Crippen LogP contribution in [0.5, 0.6) is 0 Å². The third kappa shape index (κ3) is 3.54. The molecule has 0 unspecified atom stereocenters. The minimum absolute atomic E-state index is 0.143. The summed E-state index contributed by atoms with van der Waals surface area (Å²) in [5, 5.41) is 11.2. The molecule has 0 saturated heterocycles. The molecular formula is C12H11FN2O. The summed E-state index contributed by atoms with van der Waals surface area (Å²) in [5.41, 5.74) is 0.741. The minimum Gasteiger partial charge on any atom is -0.353 e. The second-order valence-corrected chi connectivity index (χ2v) is 3.19. The van der Waals surface area contributed by atoms with Gasteiger partial charge in [0.1, 0.15) is 5.82 Å². The number of benzene rings is 1. The molecule has 1 aromatic carbocycles. The van der Waals surface area contributed by atoms with Crippen molar-refractivity contribution in [3.63, 3.8) is 0 Å². The third-order valence-electron chi connectivity index (χ3n) is 1.89. The highest BCUT2D eigenvalue weighted by atomic mass is 19.1. The molecule has 16 heavy (non-hydrogen) atoms. The fourth-order valence-electron chi connectivity index (χ4n) is 1.13. The Morgan fingerprint density at radius 2 is 2.38 bits per heavy atom. The minimum atomic E-state index is -0.391. The van der Waals surface area contributed by atoms with Crippen molar-refractivity contribution in [2.45, 2.75) is 6.92 Å². The van der Waals surface area contributed by atoms with Crippen molar-refractivity contribution in [2.75, 3.05) is 6.54 Å². The molecule has 0 fully saturated rings. The lowest BCUT2D eigenvalue weighted by atomic mass is 10.1. The second-order valence-electron chi connectivity index (χ2n) is 3.19. The van der Waals surface area contributed by atoms with Crippen molar-refractivity contribution < 1.29 is 9.18 Å². The number of hydrogen-bond donors (Lipinski definition) is 1. The Bertz CT molecular complexity index is 461. The predicted molar refractivity (Wildman–Crippen MR) is 58.8 cm³/mol. The Balaban J connectivity index is 2.73. The van der Waals surface area contributed by atoms with E-state index in [-0.39, 0.29) is 5.91 Å². The van der Waals surface area contributed by atoms with E-state index in [1.807, 2.05) is 6.07 Å². The standard InChI is InChI=1S/C12H11FN2O/c1-9(16)15-6-2-3-11-7-10(8-14)4-5-12(11)13/h2-5,7H,6H2,1H3,(H,15,16). The second kappa shape index (κ2) is 5.66. The number of nitrogens with zero attached hydrogens (tertiary/aromatic N) is 1. The summed E-state index contributed by atoms with van der Waals surface area (Å²) < 4.78 is 13.2. The van der Waals surface area contributed by atoms with Crippen molar-refractivity contribution in [1.82, 2.24) is 5.32 Å². The first-order chi connectivity index (χ1) is 7.63. The zero-order chi connectivity index (χ0) is 12.0. The van der Waals surface area contributed by atoms with Crippen molar-refractivity contribution in [1.29, 1.82) is 5.26 Å². The number of halogens is 1. The van der Waals surface area contributed by atoms with E-state index in [0.717, 1.165) is 0 Å². The van der Waals surface area contributed by atoms with Crippen LogP contribution in [0, 0.1) is 17.1 Å². The molecule has 0 aliphatic heterocycles. The smallest absolute Gasteiger partial charge is 0.217 e. The van der Waals surface area contributed by atoms with Gasteiger partial charge in [0.15, 0.2) is 0 Å². The van der Waals surface area contributed by atoms with Crippen molar-refractivity contribution in [3.8, 4) is 6.07 Å². The van der Waals surface area contributed by atoms with Gasteiger partial charge in [0.05, 0.1) is 11.6 Å². The zero-order valence-electron chi connectivity index (χ0n) is 8.83. The van der Waals surface area contributed by atoms with Gasteiger partial charge in [-0.2, -0.15) is 5.26 Å². The van der Waals surface area contributed by atoms with Gasteiger partial charge in [-0.3, -0.25) is 4.79 Å². The summed E-state index contributed by atoms with van der Waals surface area (Å²) in [6.07, 6.45) is 3.16. The first-order valence-electron chi connectivity index (χ1n) is 4.74. The Kier molecular flexibility index (Phi) is 4.22. The lowest BCUT2D eigenvalue weighted by molar-refractivity contribution is -0.118. The van der Waals surface area contributed by atoms with E-state index in [2.05, 4.69) is 5.32 Å². The molecule has 1 aromatic rings. The fourth-order valence-corrected chi connectivity index (χ4v) is 1.13. The van der Waals surface area contributed by atoms with Gasteiger partial charge in [-0.1, -0.05) is 12.2 Å². The molecule has 0 atom stereocenters. The van der Waals surface area contributed by atoms with Crippen molar-refractivity contribution in [3.05, 3.63) is 41.2 Å². The molecule has 82 valence electrons. The highest BCUT2D eigenvalue weighted by molar-refractivity contribution is 5.73. The maximum atomic E-state index is 13.2. The molecule has 1 N–H and O–H groups in total. The molecule has 0 aromatic heterocycles. The van der Waals surface area contributed by atoms with Gasteiger partial charge in [0.2, 0.25) is 5.91 Å². The number of carbonyl (C=O) groups is 1. The summed E-state index contributed by atoms with van der Waals surface area (Å²) in [7, 11) is 0. The summed E-state index contributed by atoms with van der Waals surface area (Å²) in [5.74, 6) is -0.533. The zero-order valence-corrected chi connectivity index (χ0v) is 8.83. The van der Waals surface area contributed by atoms with Gasteiger partial charge in [-0.05, 0) is 18.2 Å². The van der Waals surface area contributed by atoms with Crippen LogP contribution in [0.4, 0.5) is 4.39 Å². The molecule has 0 aliphatic carbocycles. The van der Waals surface area contributed by atoms with Crippen molar-refractivity contribution >= 4 is 12.0 Å². The summed E-state index contributed by atoms with van der Waals surface area (Å²) in [4.78, 5) is 10.6. The maximum absolute atomic E-state index is 13.2. The van der Waals surface area contributed by atoms with Crippen LogP contribution < -0.4 is 5.32 Å². The number of nitriles is 1. The SMILES string of the molecule is CC(=O)NCC=Cc1cc(C#N)ccc1F. The molecule has 0 radical (unpaired) electrons. The Hall–Kier alpha value is -2.15. The third-order valence-corrected chi connectivity index (χ3v) is 1.89. The van der Waals surface area contributed by atoms with Gasteiger partial charge in [0.25, 0.3) is 0 Å². The molecule has 0 bridgehead atoms. The number of amides is 1. The normalized spacial score (nSPS) is 10.1. The molecule has 0 saturated carbocycles. The van der Waals surface area contributed by atoms with Crippen LogP contribution in [0.15, 0.2) is 24.3 Å². The molecule has 1 rings (SSSR count). The van der Waals surface area contributed by atoms with Crippen LogP contribution in [-0.2, 0) is 4.79 Å². The van der Waals surface area contributed by atoms with Crippen LogP contribution in [0.1, 0.15) is 18.1 Å². The first kappa shape index (κ1) is 11.9. The molecule has 0 heterocycles. The Morgan fingerprint density at radius 3 is 3.00 bits per heavy atom. The number of carbonyl (C=O) groups excluding carboxylic acids is 1. The summed E-state index contributed by atoms with van der Waals surface area (Å²) in [6, 6.07) is 6.05. The van der Waals surface area contributed by atoms with Gasteiger partial charge >= 0.3 is 0 Å². The molecule has 4 heteroatoms. The summed E-state index contributed by atoms with van der Waals surface area (Å²) >= 11 is 0. The van der Waals surface area contributed by atoms with Crippen molar-refractivity contribution in [2.24, 2.45) is 0 Å². The van der Waals surface area contributed by atoms with E-state index < -0.39 is 5.82 Å². The highest BCUT2D eigenvalue weighted by Gasteiger charge is 1.99. The van der Waals surface area contributed by atoms with E-state index in [0.29, 0.717) is 17.7 Å². The predicted octanol–water partition coefficient (Wildman–Crippen LogP) is 1.85. The fraction of sp³-hybridized carbons (Fsp3) is 0.167. The average Bonchev–Trinajstić information content (AvgIpc) is 2.26. The van der Waals surface area contributed by atoms with Gasteiger partial charge in [-0.15, -0.1) is 0 Å². The molecular weight excluding hydrogens is 207 g/mol. The van der Waals surface area contributed by atoms with Crippen LogP contribution in [0.25, 0.3) is 6.08 Å². The van der Waals surface area contributed by atoms with E-state index in [1.54, 1.807) is 6.08 Å². The van der Waals surface area contributed by atoms with Crippen LogP contribution >= 0.6 is 0 Å². The molecule has 1 amide bonds.